The summed E-state index contributed by atoms with van der Waals surface area (Å²) in [5.41, 5.74) is 1.83. The van der Waals surface area contributed by atoms with Gasteiger partial charge in [0.25, 0.3) is 0 Å². The van der Waals surface area contributed by atoms with E-state index >= 15 is 0 Å². The lowest BCUT2D eigenvalue weighted by molar-refractivity contribution is 0.0689. The van der Waals surface area contributed by atoms with E-state index in [9.17, 15) is 9.90 Å². The summed E-state index contributed by atoms with van der Waals surface area (Å²) in [6.07, 6.45) is 0. The summed E-state index contributed by atoms with van der Waals surface area (Å²) < 4.78 is 1.43. The van der Waals surface area contributed by atoms with Gasteiger partial charge in [-0.05, 0) is 30.7 Å². The van der Waals surface area contributed by atoms with Crippen molar-refractivity contribution in [1.29, 1.82) is 5.26 Å². The summed E-state index contributed by atoms with van der Waals surface area (Å²) in [7, 11) is 1.62. The Hall–Kier alpha value is -2.81. The number of hydrogen-bond donors (Lipinski definition) is 2. The highest BCUT2D eigenvalue weighted by Gasteiger charge is 2.15. The monoisotopic (exact) mass is 257 g/mol. The number of carboxylic acid groups (broad SMARTS) is 1. The molecule has 0 amide bonds. The molecule has 0 bridgehead atoms. The molecule has 6 nitrogen and oxygen atoms in total. The average Bonchev–Trinajstić information content (AvgIpc) is 2.75. The van der Waals surface area contributed by atoms with Crippen LogP contribution in [-0.2, 0) is 7.05 Å². The molecule has 2 N–H and O–H groups in total. The van der Waals surface area contributed by atoms with Crippen molar-refractivity contribution in [1.82, 2.24) is 9.78 Å². The largest absolute Gasteiger partial charge is 0.506 e. The number of aromatic carboxylic acids is 1. The van der Waals surface area contributed by atoms with E-state index in [1.807, 2.05) is 6.07 Å². The van der Waals surface area contributed by atoms with E-state index in [-0.39, 0.29) is 17.0 Å². The van der Waals surface area contributed by atoms with Crippen LogP contribution in [0.25, 0.3) is 11.3 Å². The van der Waals surface area contributed by atoms with Crippen molar-refractivity contribution >= 4 is 5.97 Å². The molecule has 0 aliphatic heterocycles. The van der Waals surface area contributed by atoms with E-state index in [2.05, 4.69) is 5.10 Å². The zero-order valence-corrected chi connectivity index (χ0v) is 10.4. The van der Waals surface area contributed by atoms with E-state index in [1.54, 1.807) is 20.0 Å². The first kappa shape index (κ1) is 12.6. The lowest BCUT2D eigenvalue weighted by atomic mass is 10.0. The number of rotatable bonds is 2. The zero-order chi connectivity index (χ0) is 14.2. The van der Waals surface area contributed by atoms with Gasteiger partial charge in [0.2, 0.25) is 0 Å². The highest BCUT2D eigenvalue weighted by Crippen LogP contribution is 2.29. The predicted octanol–water partition coefficient (Wildman–Crippen LogP) is 1.67. The second-order valence-electron chi connectivity index (χ2n) is 4.14. The summed E-state index contributed by atoms with van der Waals surface area (Å²) >= 11 is 0. The summed E-state index contributed by atoms with van der Waals surface area (Å²) in [6, 6.07) is 6.51. The fraction of sp³-hybridized carbons (Fsp3) is 0.154. The van der Waals surface area contributed by atoms with Crippen LogP contribution in [0.5, 0.6) is 5.75 Å². The first-order valence-corrected chi connectivity index (χ1v) is 5.45. The van der Waals surface area contributed by atoms with Gasteiger partial charge in [0.05, 0.1) is 11.3 Å². The van der Waals surface area contributed by atoms with Gasteiger partial charge < -0.3 is 10.2 Å². The SMILES string of the molecule is Cc1cc(-c2cc(C(=O)O)nn2C)cc(C#N)c1O. The van der Waals surface area contributed by atoms with Crippen molar-refractivity contribution in [2.24, 2.45) is 7.05 Å². The highest BCUT2D eigenvalue weighted by molar-refractivity contribution is 5.87. The third kappa shape index (κ3) is 2.13. The molecule has 1 aromatic carbocycles. The van der Waals surface area contributed by atoms with E-state index in [4.69, 9.17) is 10.4 Å². The number of carboxylic acids is 1. The summed E-state index contributed by atoms with van der Waals surface area (Å²) in [6.45, 7) is 1.67. The standard InChI is InChI=1S/C13H11N3O3/c1-7-3-8(4-9(6-14)12(7)17)11-5-10(13(18)19)15-16(11)2/h3-5,17H,1-2H3,(H,18,19). The van der Waals surface area contributed by atoms with Crippen molar-refractivity contribution in [3.05, 3.63) is 35.0 Å². The molecule has 6 heteroatoms. The molecule has 0 unspecified atom stereocenters. The number of phenolic OH excluding ortho intramolecular Hbond substituents is 1. The maximum atomic E-state index is 10.9. The Bertz CT molecular complexity index is 711. The van der Waals surface area contributed by atoms with Gasteiger partial charge in [0.15, 0.2) is 5.69 Å². The number of aromatic nitrogens is 2. The second-order valence-corrected chi connectivity index (χ2v) is 4.14. The molecular weight excluding hydrogens is 246 g/mol. The molecule has 0 spiro atoms. The molecule has 1 aromatic heterocycles. The van der Waals surface area contributed by atoms with Crippen LogP contribution in [-0.4, -0.2) is 26.0 Å². The van der Waals surface area contributed by atoms with Crippen LogP contribution in [0.2, 0.25) is 0 Å². The van der Waals surface area contributed by atoms with Gasteiger partial charge in [-0.1, -0.05) is 0 Å². The lowest BCUT2D eigenvalue weighted by Crippen LogP contribution is -1.99. The maximum absolute atomic E-state index is 10.9. The van der Waals surface area contributed by atoms with Gasteiger partial charge in [0, 0.05) is 12.6 Å². The highest BCUT2D eigenvalue weighted by atomic mass is 16.4. The van der Waals surface area contributed by atoms with Gasteiger partial charge >= 0.3 is 5.97 Å². The van der Waals surface area contributed by atoms with Gasteiger partial charge in [-0.15, -0.1) is 0 Å². The van der Waals surface area contributed by atoms with Crippen LogP contribution in [0.3, 0.4) is 0 Å². The Labute approximate surface area is 109 Å². The lowest BCUT2D eigenvalue weighted by Gasteiger charge is -2.06. The Balaban J connectivity index is 2.63. The molecule has 0 radical (unpaired) electrons. The van der Waals surface area contributed by atoms with Gasteiger partial charge in [-0.25, -0.2) is 4.79 Å². The van der Waals surface area contributed by atoms with Crippen molar-refractivity contribution in [3.63, 3.8) is 0 Å². The Morgan fingerprint density at radius 2 is 2.11 bits per heavy atom. The number of benzene rings is 1. The molecule has 19 heavy (non-hydrogen) atoms. The number of carbonyl (C=O) groups is 1. The van der Waals surface area contributed by atoms with E-state index < -0.39 is 5.97 Å². The molecule has 0 atom stereocenters. The number of aryl methyl sites for hydroxylation is 2. The second kappa shape index (κ2) is 4.46. The number of nitriles is 1. The number of nitrogens with zero attached hydrogens (tertiary/aromatic N) is 3. The summed E-state index contributed by atoms with van der Waals surface area (Å²) in [4.78, 5) is 10.9. The third-order valence-electron chi connectivity index (χ3n) is 2.82. The third-order valence-corrected chi connectivity index (χ3v) is 2.82. The van der Waals surface area contributed by atoms with Crippen molar-refractivity contribution in [3.8, 4) is 23.1 Å². The van der Waals surface area contributed by atoms with Crippen molar-refractivity contribution < 1.29 is 15.0 Å². The van der Waals surface area contributed by atoms with Crippen LogP contribution < -0.4 is 0 Å². The minimum absolute atomic E-state index is 0.0631. The first-order valence-electron chi connectivity index (χ1n) is 5.45. The maximum Gasteiger partial charge on any atom is 0.356 e. The van der Waals surface area contributed by atoms with Gasteiger partial charge in [-0.3, -0.25) is 4.68 Å². The molecule has 0 aliphatic carbocycles. The molecule has 96 valence electrons. The van der Waals surface area contributed by atoms with Crippen LogP contribution in [0.1, 0.15) is 21.6 Å². The zero-order valence-electron chi connectivity index (χ0n) is 10.4. The fourth-order valence-corrected chi connectivity index (χ4v) is 1.85. The predicted molar refractivity (Wildman–Crippen MR) is 66.7 cm³/mol. The molecule has 1 heterocycles. The van der Waals surface area contributed by atoms with E-state index in [0.29, 0.717) is 16.8 Å². The molecule has 2 aromatic rings. The van der Waals surface area contributed by atoms with E-state index in [1.165, 1.54) is 16.8 Å². The van der Waals surface area contributed by atoms with Crippen LogP contribution >= 0.6 is 0 Å². The minimum Gasteiger partial charge on any atom is -0.506 e. The number of hydrogen-bond acceptors (Lipinski definition) is 4. The normalized spacial score (nSPS) is 10.2. The summed E-state index contributed by atoms with van der Waals surface area (Å²) in [5, 5.41) is 31.4. The summed E-state index contributed by atoms with van der Waals surface area (Å²) in [5.74, 6) is -1.18. The Morgan fingerprint density at radius 1 is 1.42 bits per heavy atom. The molecule has 0 saturated heterocycles. The fourth-order valence-electron chi connectivity index (χ4n) is 1.85. The molecule has 0 saturated carbocycles. The molecule has 0 aliphatic rings. The average molecular weight is 257 g/mol. The van der Waals surface area contributed by atoms with Gasteiger partial charge in [-0.2, -0.15) is 10.4 Å². The Morgan fingerprint density at radius 3 is 2.63 bits per heavy atom. The smallest absolute Gasteiger partial charge is 0.356 e. The topological polar surface area (TPSA) is 99.1 Å². The number of aromatic hydroxyl groups is 1. The number of phenols is 1. The van der Waals surface area contributed by atoms with E-state index in [0.717, 1.165) is 0 Å². The Kier molecular flexibility index (Phi) is 2.97. The first-order chi connectivity index (χ1) is 8.93. The van der Waals surface area contributed by atoms with Crippen molar-refractivity contribution in [2.75, 3.05) is 0 Å². The van der Waals surface area contributed by atoms with Crippen molar-refractivity contribution in [2.45, 2.75) is 6.92 Å². The van der Waals surface area contributed by atoms with Crippen LogP contribution in [0, 0.1) is 18.3 Å². The minimum atomic E-state index is -1.11. The molecule has 0 fully saturated rings. The molecule has 2 rings (SSSR count). The van der Waals surface area contributed by atoms with Crippen LogP contribution in [0.4, 0.5) is 0 Å². The molecular formula is C13H11N3O3. The van der Waals surface area contributed by atoms with Crippen LogP contribution in [0.15, 0.2) is 18.2 Å². The quantitative estimate of drug-likeness (QED) is 0.852. The van der Waals surface area contributed by atoms with Gasteiger partial charge in [0.1, 0.15) is 11.8 Å².